The molecule has 0 spiro atoms. The Morgan fingerprint density at radius 2 is 2.33 bits per heavy atom. The maximum absolute atomic E-state index is 12.1. The van der Waals surface area contributed by atoms with Crippen LogP contribution in [0, 0.1) is 0 Å². The molecule has 3 unspecified atom stereocenters. The summed E-state index contributed by atoms with van der Waals surface area (Å²) in [6.45, 7) is 4.60. The van der Waals surface area contributed by atoms with Gasteiger partial charge in [0.25, 0.3) is 0 Å². The fraction of sp³-hybridized carbons (Fsp3) is 0.500. The Morgan fingerprint density at radius 3 is 2.94 bits per heavy atom. The van der Waals surface area contributed by atoms with Crippen molar-refractivity contribution in [1.82, 2.24) is 5.32 Å². The molecule has 2 rings (SSSR count). The molecule has 1 aliphatic heterocycles. The lowest BCUT2D eigenvalue weighted by Gasteiger charge is -2.19. The summed E-state index contributed by atoms with van der Waals surface area (Å²) in [5.41, 5.74) is 7.36. The summed E-state index contributed by atoms with van der Waals surface area (Å²) in [5, 5.41) is 3.04. The molecular formula is C14H20N2O2. The number of nitrogens with one attached hydrogen (secondary N) is 1. The highest BCUT2D eigenvalue weighted by Crippen LogP contribution is 2.19. The molecule has 0 bridgehead atoms. The molecule has 1 fully saturated rings. The zero-order valence-electron chi connectivity index (χ0n) is 10.8. The van der Waals surface area contributed by atoms with Crippen LogP contribution in [0.2, 0.25) is 0 Å². The minimum absolute atomic E-state index is 0.0305. The average Bonchev–Trinajstić information content (AvgIpc) is 2.74. The third kappa shape index (κ3) is 2.82. The van der Waals surface area contributed by atoms with Crippen LogP contribution in [0.5, 0.6) is 0 Å². The molecule has 4 nitrogen and oxygen atoms in total. The van der Waals surface area contributed by atoms with Crippen molar-refractivity contribution < 1.29 is 9.53 Å². The van der Waals surface area contributed by atoms with Crippen LogP contribution in [0.15, 0.2) is 24.3 Å². The minimum Gasteiger partial charge on any atom is -0.399 e. The second-order valence-electron chi connectivity index (χ2n) is 4.87. The molecule has 1 amide bonds. The van der Waals surface area contributed by atoms with Crippen molar-refractivity contribution in [3.63, 3.8) is 0 Å². The van der Waals surface area contributed by atoms with Gasteiger partial charge in [-0.15, -0.1) is 0 Å². The molecule has 0 aliphatic carbocycles. The predicted octanol–water partition coefficient (Wildman–Crippen LogP) is 1.67. The molecule has 1 saturated heterocycles. The summed E-state index contributed by atoms with van der Waals surface area (Å²) in [7, 11) is 0. The van der Waals surface area contributed by atoms with E-state index in [9.17, 15) is 4.79 Å². The second kappa shape index (κ2) is 5.40. The second-order valence-corrected chi connectivity index (χ2v) is 4.87. The van der Waals surface area contributed by atoms with Gasteiger partial charge in [0.2, 0.25) is 5.91 Å². The van der Waals surface area contributed by atoms with Gasteiger partial charge in [0.15, 0.2) is 0 Å². The highest BCUT2D eigenvalue weighted by atomic mass is 16.5. The van der Waals surface area contributed by atoms with Crippen LogP contribution in [0.1, 0.15) is 31.7 Å². The first-order valence-corrected chi connectivity index (χ1v) is 6.35. The summed E-state index contributed by atoms with van der Waals surface area (Å²) in [6, 6.07) is 7.59. The number of amides is 1. The van der Waals surface area contributed by atoms with Gasteiger partial charge >= 0.3 is 0 Å². The fourth-order valence-corrected chi connectivity index (χ4v) is 2.21. The van der Waals surface area contributed by atoms with Crippen molar-refractivity contribution in [1.29, 1.82) is 0 Å². The Kier molecular flexibility index (Phi) is 3.87. The third-order valence-electron chi connectivity index (χ3n) is 3.51. The van der Waals surface area contributed by atoms with Crippen LogP contribution < -0.4 is 11.1 Å². The van der Waals surface area contributed by atoms with Crippen molar-refractivity contribution in [2.24, 2.45) is 0 Å². The van der Waals surface area contributed by atoms with Gasteiger partial charge < -0.3 is 15.8 Å². The van der Waals surface area contributed by atoms with Crippen LogP contribution >= 0.6 is 0 Å². The molecule has 0 saturated carbocycles. The maximum Gasteiger partial charge on any atom is 0.227 e. The summed E-state index contributed by atoms with van der Waals surface area (Å²) in [5.74, 6) is -0.163. The van der Waals surface area contributed by atoms with E-state index < -0.39 is 0 Å². The van der Waals surface area contributed by atoms with E-state index in [1.165, 1.54) is 0 Å². The monoisotopic (exact) mass is 248 g/mol. The summed E-state index contributed by atoms with van der Waals surface area (Å²) in [4.78, 5) is 12.1. The van der Waals surface area contributed by atoms with Crippen molar-refractivity contribution in [3.8, 4) is 0 Å². The minimum atomic E-state index is -0.193. The number of ether oxygens (including phenoxy) is 1. The molecule has 0 radical (unpaired) electrons. The van der Waals surface area contributed by atoms with Gasteiger partial charge in [-0.25, -0.2) is 0 Å². The number of anilines is 1. The van der Waals surface area contributed by atoms with E-state index in [1.54, 1.807) is 0 Å². The number of benzene rings is 1. The molecular weight excluding hydrogens is 228 g/mol. The first kappa shape index (κ1) is 12.9. The van der Waals surface area contributed by atoms with Gasteiger partial charge in [-0.05, 0) is 38.0 Å². The lowest BCUT2D eigenvalue weighted by Crippen LogP contribution is -2.41. The smallest absolute Gasteiger partial charge is 0.227 e. The van der Waals surface area contributed by atoms with Gasteiger partial charge in [0.05, 0.1) is 18.1 Å². The summed E-state index contributed by atoms with van der Waals surface area (Å²) >= 11 is 0. The molecule has 1 aromatic carbocycles. The number of hydrogen-bond donors (Lipinski definition) is 2. The molecule has 3 atom stereocenters. The Hall–Kier alpha value is -1.55. The third-order valence-corrected chi connectivity index (χ3v) is 3.51. The number of nitrogen functional groups attached to an aromatic ring is 1. The van der Waals surface area contributed by atoms with Gasteiger partial charge in [-0.2, -0.15) is 0 Å². The molecule has 4 heteroatoms. The molecule has 1 heterocycles. The van der Waals surface area contributed by atoms with Gasteiger partial charge in [0.1, 0.15) is 0 Å². The summed E-state index contributed by atoms with van der Waals surface area (Å²) < 4.78 is 5.44. The Bertz CT molecular complexity index is 434. The zero-order chi connectivity index (χ0) is 13.1. The molecule has 0 aromatic heterocycles. The van der Waals surface area contributed by atoms with Crippen LogP contribution in [0.3, 0.4) is 0 Å². The Balaban J connectivity index is 2.00. The largest absolute Gasteiger partial charge is 0.399 e. The summed E-state index contributed by atoms with van der Waals surface area (Å²) in [6.07, 6.45) is 0.985. The first-order chi connectivity index (χ1) is 8.58. The average molecular weight is 248 g/mol. The van der Waals surface area contributed by atoms with E-state index in [-0.39, 0.29) is 24.0 Å². The number of carbonyl (C=O) groups is 1. The van der Waals surface area contributed by atoms with Crippen LogP contribution in [-0.4, -0.2) is 24.7 Å². The predicted molar refractivity (Wildman–Crippen MR) is 71.2 cm³/mol. The zero-order valence-corrected chi connectivity index (χ0v) is 10.8. The van der Waals surface area contributed by atoms with E-state index >= 15 is 0 Å². The molecule has 98 valence electrons. The normalized spacial score (nSPS) is 24.8. The topological polar surface area (TPSA) is 64.3 Å². The quantitative estimate of drug-likeness (QED) is 0.800. The van der Waals surface area contributed by atoms with Crippen molar-refractivity contribution in [3.05, 3.63) is 29.8 Å². The van der Waals surface area contributed by atoms with E-state index in [1.807, 2.05) is 38.1 Å². The SMILES string of the molecule is CC(C(=O)NC1CCOC1C)c1cccc(N)c1. The molecule has 3 N–H and O–H groups in total. The lowest BCUT2D eigenvalue weighted by molar-refractivity contribution is -0.123. The highest BCUT2D eigenvalue weighted by molar-refractivity contribution is 5.83. The number of hydrogen-bond acceptors (Lipinski definition) is 3. The van der Waals surface area contributed by atoms with Crippen molar-refractivity contribution in [2.45, 2.75) is 38.3 Å². The van der Waals surface area contributed by atoms with Gasteiger partial charge in [-0.3, -0.25) is 4.79 Å². The highest BCUT2D eigenvalue weighted by Gasteiger charge is 2.27. The number of nitrogens with two attached hydrogens (primary N) is 1. The van der Waals surface area contributed by atoms with Gasteiger partial charge in [-0.1, -0.05) is 12.1 Å². The van der Waals surface area contributed by atoms with Crippen LogP contribution in [0.4, 0.5) is 5.69 Å². The van der Waals surface area contributed by atoms with Crippen LogP contribution in [-0.2, 0) is 9.53 Å². The van der Waals surface area contributed by atoms with Crippen molar-refractivity contribution >= 4 is 11.6 Å². The molecule has 1 aliphatic rings. The number of carbonyl (C=O) groups excluding carboxylic acids is 1. The molecule has 1 aromatic rings. The lowest BCUT2D eigenvalue weighted by atomic mass is 9.99. The fourth-order valence-electron chi connectivity index (χ4n) is 2.21. The number of rotatable bonds is 3. The Labute approximate surface area is 108 Å². The van der Waals surface area contributed by atoms with E-state index in [0.717, 1.165) is 18.6 Å². The van der Waals surface area contributed by atoms with E-state index in [0.29, 0.717) is 5.69 Å². The van der Waals surface area contributed by atoms with Crippen LogP contribution in [0.25, 0.3) is 0 Å². The maximum atomic E-state index is 12.1. The standard InChI is InChI=1S/C14H20N2O2/c1-9(11-4-3-5-12(15)8-11)14(17)16-13-6-7-18-10(13)2/h3-5,8-10,13H,6-7,15H2,1-2H3,(H,16,17). The van der Waals surface area contributed by atoms with E-state index in [2.05, 4.69) is 5.32 Å². The van der Waals surface area contributed by atoms with E-state index in [4.69, 9.17) is 10.5 Å². The first-order valence-electron chi connectivity index (χ1n) is 6.35. The van der Waals surface area contributed by atoms with Crippen molar-refractivity contribution in [2.75, 3.05) is 12.3 Å². The Morgan fingerprint density at radius 1 is 1.56 bits per heavy atom. The van der Waals surface area contributed by atoms with Gasteiger partial charge in [0, 0.05) is 12.3 Å². The molecule has 18 heavy (non-hydrogen) atoms.